The highest BCUT2D eigenvalue weighted by Gasteiger charge is 2.25. The van der Waals surface area contributed by atoms with Gasteiger partial charge in [-0.05, 0) is 50.1 Å². The number of H-pyrrole nitrogens is 1. The molecule has 2 aromatic carbocycles. The second kappa shape index (κ2) is 9.62. The number of nitrogens with one attached hydrogen (secondary N) is 2. The van der Waals surface area contributed by atoms with Gasteiger partial charge in [0.1, 0.15) is 5.75 Å². The Morgan fingerprint density at radius 1 is 1.06 bits per heavy atom. The number of aromatic nitrogens is 5. The van der Waals surface area contributed by atoms with Crippen LogP contribution in [0.25, 0.3) is 28.0 Å². The van der Waals surface area contributed by atoms with E-state index >= 15 is 0 Å². The van der Waals surface area contributed by atoms with Crippen LogP contribution in [0.1, 0.15) is 49.9 Å². The average molecular weight is 490 g/mol. The lowest BCUT2D eigenvalue weighted by atomic mass is 10.0. The molecule has 0 bridgehead atoms. The number of aromatic amines is 1. The van der Waals surface area contributed by atoms with Crippen LogP contribution in [0, 0.1) is 0 Å². The Hall–Kier alpha value is -3.92. The number of carbonyl (C=O) groups excluding carboxylic acids is 1. The first-order valence-corrected chi connectivity index (χ1v) is 12.2. The summed E-state index contributed by atoms with van der Waals surface area (Å²) >= 11 is 0. The molecule has 188 valence electrons. The normalized spacial score (nSPS) is 14.2. The van der Waals surface area contributed by atoms with Crippen LogP contribution in [0.2, 0.25) is 0 Å². The molecule has 3 heterocycles. The van der Waals surface area contributed by atoms with Crippen LogP contribution in [-0.4, -0.2) is 68.3 Å². The molecule has 10 nitrogen and oxygen atoms in total. The zero-order valence-electron chi connectivity index (χ0n) is 20.9. The number of phenolic OH excluding ortho intramolecular Hbond substituents is 1. The van der Waals surface area contributed by atoms with Crippen LogP contribution in [0.3, 0.4) is 0 Å². The molecular weight excluding hydrogens is 458 g/mol. The molecule has 1 fully saturated rings. The summed E-state index contributed by atoms with van der Waals surface area (Å²) in [4.78, 5) is 15.3. The van der Waals surface area contributed by atoms with Crippen molar-refractivity contribution in [2.45, 2.75) is 39.7 Å². The topological polar surface area (TPSA) is 121 Å². The second-order valence-electron chi connectivity index (χ2n) is 9.61. The fraction of sp³-hybridized carbons (Fsp3) is 0.385. The van der Waals surface area contributed by atoms with Gasteiger partial charge >= 0.3 is 0 Å². The van der Waals surface area contributed by atoms with Crippen molar-refractivity contribution in [2.24, 2.45) is 0 Å². The zero-order valence-corrected chi connectivity index (χ0v) is 20.9. The van der Waals surface area contributed by atoms with E-state index in [4.69, 9.17) is 4.74 Å². The molecule has 1 aliphatic heterocycles. The number of anilines is 1. The Bertz CT molecular complexity index is 1380. The maximum Gasteiger partial charge on any atom is 0.289 e. The van der Waals surface area contributed by atoms with Gasteiger partial charge < -0.3 is 20.1 Å². The zero-order chi connectivity index (χ0) is 25.4. The number of ether oxygens (including phenoxy) is 1. The molecule has 0 unspecified atom stereocenters. The number of hydrogen-bond donors (Lipinski definition) is 3. The standard InChI is InChI=1S/C26H31N7O3/c1-15(2)23-19-13-20(22(34)14-21(19)28-29-23)24-30-31-25(26(35)27-16(3)4)33(24)18-7-5-17(6-8-18)32-9-11-36-12-10-32/h5-8,13-16,34H,9-12H2,1-4H3,(H,27,35)(H,28,29). The number of nitrogens with zero attached hydrogens (tertiary/aromatic N) is 5. The molecular formula is C26H31N7O3. The first-order chi connectivity index (χ1) is 17.3. The first kappa shape index (κ1) is 23.8. The molecule has 36 heavy (non-hydrogen) atoms. The van der Waals surface area contributed by atoms with Gasteiger partial charge in [0.2, 0.25) is 5.82 Å². The number of aromatic hydroxyl groups is 1. The second-order valence-corrected chi connectivity index (χ2v) is 9.61. The molecule has 0 aliphatic carbocycles. The van der Waals surface area contributed by atoms with Crippen LogP contribution < -0.4 is 10.2 Å². The number of carbonyl (C=O) groups is 1. The Morgan fingerprint density at radius 3 is 2.42 bits per heavy atom. The number of benzene rings is 2. The summed E-state index contributed by atoms with van der Waals surface area (Å²) in [5.41, 5.74) is 3.90. The van der Waals surface area contributed by atoms with Crippen molar-refractivity contribution in [3.8, 4) is 22.8 Å². The summed E-state index contributed by atoms with van der Waals surface area (Å²) in [7, 11) is 0. The van der Waals surface area contributed by atoms with E-state index in [-0.39, 0.29) is 29.4 Å². The van der Waals surface area contributed by atoms with Gasteiger partial charge in [-0.1, -0.05) is 13.8 Å². The van der Waals surface area contributed by atoms with E-state index in [2.05, 4.69) is 44.5 Å². The molecule has 0 atom stereocenters. The Morgan fingerprint density at radius 2 is 1.75 bits per heavy atom. The number of phenols is 1. The van der Waals surface area contributed by atoms with Crippen LogP contribution in [-0.2, 0) is 4.74 Å². The molecule has 10 heteroatoms. The van der Waals surface area contributed by atoms with E-state index in [0.717, 1.165) is 35.5 Å². The van der Waals surface area contributed by atoms with Gasteiger partial charge in [-0.3, -0.25) is 14.5 Å². The third-order valence-corrected chi connectivity index (χ3v) is 6.29. The molecule has 0 radical (unpaired) electrons. The fourth-order valence-electron chi connectivity index (χ4n) is 4.50. The molecule has 3 N–H and O–H groups in total. The molecule has 1 amide bonds. The van der Waals surface area contributed by atoms with Crippen molar-refractivity contribution in [3.63, 3.8) is 0 Å². The van der Waals surface area contributed by atoms with Gasteiger partial charge in [-0.25, -0.2) is 0 Å². The average Bonchev–Trinajstić information content (AvgIpc) is 3.48. The minimum atomic E-state index is -0.340. The van der Waals surface area contributed by atoms with Gasteiger partial charge in [0.05, 0.1) is 24.3 Å². The van der Waals surface area contributed by atoms with Gasteiger partial charge in [0.15, 0.2) is 5.82 Å². The van der Waals surface area contributed by atoms with Crippen molar-refractivity contribution in [3.05, 3.63) is 47.9 Å². The van der Waals surface area contributed by atoms with Gasteiger partial charge in [0, 0.05) is 47.7 Å². The fourth-order valence-corrected chi connectivity index (χ4v) is 4.50. The molecule has 0 saturated carbocycles. The molecule has 5 rings (SSSR count). The van der Waals surface area contributed by atoms with E-state index in [1.165, 1.54) is 0 Å². The maximum atomic E-state index is 13.1. The summed E-state index contributed by atoms with van der Waals surface area (Å²) in [6.07, 6.45) is 0. The lowest BCUT2D eigenvalue weighted by molar-refractivity contribution is 0.0930. The largest absolute Gasteiger partial charge is 0.507 e. The summed E-state index contributed by atoms with van der Waals surface area (Å²) in [6.45, 7) is 11.0. The monoisotopic (exact) mass is 489 g/mol. The third kappa shape index (κ3) is 4.39. The predicted octanol–water partition coefficient (Wildman–Crippen LogP) is 3.61. The number of hydrogen-bond acceptors (Lipinski definition) is 7. The Labute approximate surface area is 209 Å². The lowest BCUT2D eigenvalue weighted by Gasteiger charge is -2.29. The minimum absolute atomic E-state index is 0.0127. The summed E-state index contributed by atoms with van der Waals surface area (Å²) < 4.78 is 7.16. The highest BCUT2D eigenvalue weighted by molar-refractivity contribution is 5.93. The summed E-state index contributed by atoms with van der Waals surface area (Å²) in [5.74, 6) is 0.406. The van der Waals surface area contributed by atoms with Crippen molar-refractivity contribution in [2.75, 3.05) is 31.2 Å². The Balaban J connectivity index is 1.64. The van der Waals surface area contributed by atoms with Gasteiger partial charge in [-0.2, -0.15) is 5.10 Å². The van der Waals surface area contributed by atoms with Crippen LogP contribution in [0.5, 0.6) is 5.75 Å². The van der Waals surface area contributed by atoms with Crippen molar-refractivity contribution < 1.29 is 14.6 Å². The van der Waals surface area contributed by atoms with Crippen LogP contribution in [0.4, 0.5) is 5.69 Å². The highest BCUT2D eigenvalue weighted by Crippen LogP contribution is 2.36. The van der Waals surface area contributed by atoms with Gasteiger partial charge in [0.25, 0.3) is 5.91 Å². The number of amides is 1. The van der Waals surface area contributed by atoms with E-state index in [1.54, 1.807) is 10.6 Å². The predicted molar refractivity (Wildman–Crippen MR) is 138 cm³/mol. The van der Waals surface area contributed by atoms with Crippen LogP contribution >= 0.6 is 0 Å². The molecule has 2 aromatic heterocycles. The Kier molecular flexibility index (Phi) is 6.36. The molecule has 1 saturated heterocycles. The van der Waals surface area contributed by atoms with E-state index in [9.17, 15) is 9.90 Å². The van der Waals surface area contributed by atoms with E-state index in [1.807, 2.05) is 44.2 Å². The lowest BCUT2D eigenvalue weighted by Crippen LogP contribution is -2.36. The van der Waals surface area contributed by atoms with E-state index in [0.29, 0.717) is 30.1 Å². The van der Waals surface area contributed by atoms with E-state index < -0.39 is 0 Å². The van der Waals surface area contributed by atoms with Crippen molar-refractivity contribution in [1.82, 2.24) is 30.3 Å². The SMILES string of the molecule is CC(C)NC(=O)c1nnc(-c2cc3c(C(C)C)[nH]nc3cc2O)n1-c1ccc(N2CCOCC2)cc1. The minimum Gasteiger partial charge on any atom is -0.507 e. The van der Waals surface area contributed by atoms with Crippen LogP contribution in [0.15, 0.2) is 36.4 Å². The first-order valence-electron chi connectivity index (χ1n) is 12.2. The molecule has 4 aromatic rings. The number of morpholine rings is 1. The van der Waals surface area contributed by atoms with Crippen molar-refractivity contribution >= 4 is 22.5 Å². The molecule has 0 spiro atoms. The third-order valence-electron chi connectivity index (χ3n) is 6.29. The highest BCUT2D eigenvalue weighted by atomic mass is 16.5. The van der Waals surface area contributed by atoms with Gasteiger partial charge in [-0.15, -0.1) is 10.2 Å². The maximum absolute atomic E-state index is 13.1. The number of rotatable bonds is 6. The smallest absolute Gasteiger partial charge is 0.289 e. The summed E-state index contributed by atoms with van der Waals surface area (Å²) in [5, 5.41) is 30.7. The number of fused-ring (bicyclic) bond motifs is 1. The quantitative estimate of drug-likeness (QED) is 0.378. The summed E-state index contributed by atoms with van der Waals surface area (Å²) in [6, 6.07) is 11.3. The molecule has 1 aliphatic rings. The van der Waals surface area contributed by atoms with Crippen molar-refractivity contribution in [1.29, 1.82) is 0 Å².